The number of nitrogens with one attached hydrogen (secondary N) is 2. The van der Waals surface area contributed by atoms with Crippen LogP contribution in [-0.2, 0) is 23.1 Å². The molecule has 0 saturated carbocycles. The molecule has 0 unspecified atom stereocenters. The maximum Gasteiger partial charge on any atom is 0.325 e. The van der Waals surface area contributed by atoms with E-state index < -0.39 is 6.03 Å². The lowest BCUT2D eigenvalue weighted by molar-refractivity contribution is -0.130. The topological polar surface area (TPSA) is 96.3 Å². The van der Waals surface area contributed by atoms with E-state index in [0.29, 0.717) is 6.54 Å². The van der Waals surface area contributed by atoms with Gasteiger partial charge in [-0.25, -0.2) is 9.78 Å². The molecular weight excluding hydrogens is 310 g/mol. The highest BCUT2D eigenvalue weighted by Gasteiger charge is 2.29. The molecule has 1 fully saturated rings. The number of urea groups is 1. The Morgan fingerprint density at radius 2 is 2.12 bits per heavy atom. The van der Waals surface area contributed by atoms with Crippen LogP contribution in [0.2, 0.25) is 0 Å². The first kappa shape index (κ1) is 16.0. The molecule has 4 amide bonds. The SMILES string of the molecule is Cn1c(CCCNC(=O)CN2C(=O)CNC2=O)nc2ccccc21. The van der Waals surface area contributed by atoms with Gasteiger partial charge in [0, 0.05) is 20.0 Å². The minimum Gasteiger partial charge on any atom is -0.355 e. The number of hydrogen-bond acceptors (Lipinski definition) is 4. The number of aromatic nitrogens is 2. The van der Waals surface area contributed by atoms with Gasteiger partial charge in [-0.1, -0.05) is 12.1 Å². The molecule has 8 nitrogen and oxygen atoms in total. The summed E-state index contributed by atoms with van der Waals surface area (Å²) in [6.07, 6.45) is 1.46. The zero-order valence-corrected chi connectivity index (χ0v) is 13.4. The van der Waals surface area contributed by atoms with Crippen molar-refractivity contribution in [2.24, 2.45) is 7.05 Å². The van der Waals surface area contributed by atoms with Crippen LogP contribution >= 0.6 is 0 Å². The Kier molecular flexibility index (Phi) is 4.45. The van der Waals surface area contributed by atoms with Crippen molar-refractivity contribution in [1.29, 1.82) is 0 Å². The predicted octanol–water partition coefficient (Wildman–Crippen LogP) is 0.174. The molecule has 2 aromatic rings. The first-order valence-electron chi connectivity index (χ1n) is 7.81. The van der Waals surface area contributed by atoms with E-state index in [1.165, 1.54) is 0 Å². The number of aryl methyl sites for hydroxylation is 2. The number of carbonyl (C=O) groups excluding carboxylic acids is 3. The minimum atomic E-state index is -0.519. The highest BCUT2D eigenvalue weighted by atomic mass is 16.2. The van der Waals surface area contributed by atoms with Gasteiger partial charge >= 0.3 is 6.03 Å². The molecule has 24 heavy (non-hydrogen) atoms. The fourth-order valence-corrected chi connectivity index (χ4v) is 2.71. The summed E-state index contributed by atoms with van der Waals surface area (Å²) in [6, 6.07) is 7.40. The monoisotopic (exact) mass is 329 g/mol. The smallest absolute Gasteiger partial charge is 0.325 e. The maximum absolute atomic E-state index is 11.8. The molecular formula is C16H19N5O3. The zero-order chi connectivity index (χ0) is 17.1. The number of rotatable bonds is 6. The molecule has 0 aliphatic carbocycles. The molecule has 1 aromatic heterocycles. The summed E-state index contributed by atoms with van der Waals surface area (Å²) in [7, 11) is 1.97. The van der Waals surface area contributed by atoms with E-state index in [-0.39, 0.29) is 24.9 Å². The summed E-state index contributed by atoms with van der Waals surface area (Å²) in [5.74, 6) is 0.236. The zero-order valence-electron chi connectivity index (χ0n) is 13.4. The van der Waals surface area contributed by atoms with Gasteiger partial charge in [0.15, 0.2) is 0 Å². The van der Waals surface area contributed by atoms with Crippen molar-refractivity contribution in [3.05, 3.63) is 30.1 Å². The van der Waals surface area contributed by atoms with E-state index in [1.807, 2.05) is 35.9 Å². The molecule has 3 rings (SSSR count). The number of benzene rings is 1. The van der Waals surface area contributed by atoms with E-state index in [4.69, 9.17) is 0 Å². The van der Waals surface area contributed by atoms with E-state index >= 15 is 0 Å². The molecule has 2 N–H and O–H groups in total. The fraction of sp³-hybridized carbons (Fsp3) is 0.375. The quantitative estimate of drug-likeness (QED) is 0.583. The van der Waals surface area contributed by atoms with Crippen molar-refractivity contribution >= 4 is 28.9 Å². The highest BCUT2D eigenvalue weighted by Crippen LogP contribution is 2.14. The average Bonchev–Trinajstić information content (AvgIpc) is 3.06. The summed E-state index contributed by atoms with van der Waals surface area (Å²) in [5, 5.41) is 5.10. The second-order valence-electron chi connectivity index (χ2n) is 5.67. The molecule has 0 bridgehead atoms. The number of amides is 4. The van der Waals surface area contributed by atoms with Crippen molar-refractivity contribution in [3.8, 4) is 0 Å². The maximum atomic E-state index is 11.8. The Labute approximate surface area is 138 Å². The van der Waals surface area contributed by atoms with Gasteiger partial charge in [0.2, 0.25) is 5.91 Å². The normalized spacial score (nSPS) is 14.3. The Morgan fingerprint density at radius 1 is 1.33 bits per heavy atom. The third kappa shape index (κ3) is 3.22. The Balaban J connectivity index is 1.46. The summed E-state index contributed by atoms with van der Waals surface area (Å²) in [6.45, 7) is 0.182. The number of para-hydroxylation sites is 2. The van der Waals surface area contributed by atoms with Crippen LogP contribution in [0.25, 0.3) is 11.0 Å². The molecule has 2 heterocycles. The van der Waals surface area contributed by atoms with Gasteiger partial charge in [-0.2, -0.15) is 0 Å². The van der Waals surface area contributed by atoms with Crippen LogP contribution in [-0.4, -0.2) is 51.9 Å². The Morgan fingerprint density at radius 3 is 2.83 bits per heavy atom. The lowest BCUT2D eigenvalue weighted by Crippen LogP contribution is -2.41. The Bertz CT molecular complexity index is 782. The molecule has 126 valence electrons. The van der Waals surface area contributed by atoms with E-state index in [1.54, 1.807) is 0 Å². The largest absolute Gasteiger partial charge is 0.355 e. The lowest BCUT2D eigenvalue weighted by Gasteiger charge is -2.12. The summed E-state index contributed by atoms with van der Waals surface area (Å²) < 4.78 is 2.05. The van der Waals surface area contributed by atoms with Gasteiger partial charge in [0.25, 0.3) is 5.91 Å². The number of carbonyl (C=O) groups is 3. The summed E-state index contributed by atoms with van der Waals surface area (Å²) in [5.41, 5.74) is 2.03. The third-order valence-corrected chi connectivity index (χ3v) is 4.02. The number of imidazole rings is 1. The molecule has 1 aliphatic rings. The van der Waals surface area contributed by atoms with Gasteiger partial charge in [0.1, 0.15) is 12.4 Å². The van der Waals surface area contributed by atoms with Gasteiger partial charge in [-0.3, -0.25) is 14.5 Å². The van der Waals surface area contributed by atoms with Crippen molar-refractivity contribution in [1.82, 2.24) is 25.1 Å². The first-order chi connectivity index (χ1) is 11.6. The van der Waals surface area contributed by atoms with Gasteiger partial charge in [0.05, 0.1) is 17.6 Å². The first-order valence-corrected chi connectivity index (χ1v) is 7.81. The number of hydrogen-bond donors (Lipinski definition) is 2. The van der Waals surface area contributed by atoms with Crippen LogP contribution in [0.3, 0.4) is 0 Å². The molecule has 0 spiro atoms. The average molecular weight is 329 g/mol. The second kappa shape index (κ2) is 6.69. The van der Waals surface area contributed by atoms with Crippen molar-refractivity contribution in [3.63, 3.8) is 0 Å². The highest BCUT2D eigenvalue weighted by molar-refractivity contribution is 6.04. The molecule has 1 aromatic carbocycles. The predicted molar refractivity (Wildman–Crippen MR) is 87.2 cm³/mol. The van der Waals surface area contributed by atoms with E-state index in [9.17, 15) is 14.4 Å². The number of imide groups is 1. The van der Waals surface area contributed by atoms with E-state index in [0.717, 1.165) is 34.6 Å². The lowest BCUT2D eigenvalue weighted by atomic mass is 10.3. The molecule has 0 atom stereocenters. The van der Waals surface area contributed by atoms with Crippen LogP contribution < -0.4 is 10.6 Å². The van der Waals surface area contributed by atoms with Crippen molar-refractivity contribution in [2.45, 2.75) is 12.8 Å². The van der Waals surface area contributed by atoms with Crippen LogP contribution in [0, 0.1) is 0 Å². The number of nitrogens with zero attached hydrogens (tertiary/aromatic N) is 3. The molecule has 1 aliphatic heterocycles. The molecule has 8 heteroatoms. The van der Waals surface area contributed by atoms with Crippen LogP contribution in [0.4, 0.5) is 4.79 Å². The van der Waals surface area contributed by atoms with Crippen LogP contribution in [0.15, 0.2) is 24.3 Å². The third-order valence-electron chi connectivity index (χ3n) is 4.02. The second-order valence-corrected chi connectivity index (χ2v) is 5.67. The summed E-state index contributed by atoms with van der Waals surface area (Å²) in [4.78, 5) is 40.1. The van der Waals surface area contributed by atoms with E-state index in [2.05, 4.69) is 15.6 Å². The standard InChI is InChI=1S/C16H19N5O3/c1-20-12-6-3-2-5-11(12)19-13(20)7-4-8-17-14(22)10-21-15(23)9-18-16(21)24/h2-3,5-6H,4,7-10H2,1H3,(H,17,22)(H,18,24). The van der Waals surface area contributed by atoms with Crippen molar-refractivity contribution < 1.29 is 14.4 Å². The summed E-state index contributed by atoms with van der Waals surface area (Å²) >= 11 is 0. The van der Waals surface area contributed by atoms with Gasteiger partial charge < -0.3 is 15.2 Å². The molecule has 1 saturated heterocycles. The van der Waals surface area contributed by atoms with Crippen molar-refractivity contribution in [2.75, 3.05) is 19.6 Å². The molecule has 0 radical (unpaired) electrons. The minimum absolute atomic E-state index is 0.0428. The van der Waals surface area contributed by atoms with Gasteiger partial charge in [-0.15, -0.1) is 0 Å². The van der Waals surface area contributed by atoms with Gasteiger partial charge in [-0.05, 0) is 18.6 Å². The number of fused-ring (bicyclic) bond motifs is 1. The van der Waals surface area contributed by atoms with Crippen LogP contribution in [0.1, 0.15) is 12.2 Å². The fourth-order valence-electron chi connectivity index (χ4n) is 2.71. The van der Waals surface area contributed by atoms with Crippen LogP contribution in [0.5, 0.6) is 0 Å². The Hall–Kier alpha value is -2.90.